The van der Waals surface area contributed by atoms with Crippen molar-refractivity contribution in [2.45, 2.75) is 25.8 Å². The minimum atomic E-state index is -0.780. The molecule has 0 bridgehead atoms. The molecule has 1 aromatic heterocycles. The van der Waals surface area contributed by atoms with Crippen LogP contribution in [0.5, 0.6) is 0 Å². The van der Waals surface area contributed by atoms with Gasteiger partial charge in [0.25, 0.3) is 0 Å². The van der Waals surface area contributed by atoms with E-state index in [0.717, 1.165) is 6.54 Å². The van der Waals surface area contributed by atoms with Crippen LogP contribution in [0, 0.1) is 11.8 Å². The summed E-state index contributed by atoms with van der Waals surface area (Å²) in [5, 5.41) is 11.7. The van der Waals surface area contributed by atoms with Gasteiger partial charge in [0.15, 0.2) is 0 Å². The molecule has 2 atom stereocenters. The molecule has 2 N–H and O–H groups in total. The van der Waals surface area contributed by atoms with Gasteiger partial charge in [0.1, 0.15) is 0 Å². The summed E-state index contributed by atoms with van der Waals surface area (Å²) in [5.41, 5.74) is 0. The molecule has 1 aliphatic carbocycles. The molecule has 1 saturated carbocycles. The molecule has 1 heterocycles. The first-order valence-corrected chi connectivity index (χ1v) is 6.28. The monoisotopic (exact) mass is 250 g/mol. The lowest BCUT2D eigenvalue weighted by Crippen LogP contribution is -2.32. The average Bonchev–Trinajstić information content (AvgIpc) is 2.99. The predicted octanol–water partition coefficient (Wildman–Crippen LogP) is 1.11. The number of carboxylic acid groups (broad SMARTS) is 1. The van der Waals surface area contributed by atoms with Gasteiger partial charge in [0.05, 0.1) is 5.92 Å². The average molecular weight is 250 g/mol. The Kier molecular flexibility index (Phi) is 4.02. The van der Waals surface area contributed by atoms with Gasteiger partial charge in [-0.25, -0.2) is 0 Å². The van der Waals surface area contributed by atoms with Crippen LogP contribution in [0.25, 0.3) is 0 Å². The zero-order valence-electron chi connectivity index (χ0n) is 10.2. The number of carboxylic acids is 1. The lowest BCUT2D eigenvalue weighted by atomic mass is 10.0. The molecule has 0 aliphatic heterocycles. The van der Waals surface area contributed by atoms with Crippen molar-refractivity contribution in [1.82, 2.24) is 9.88 Å². The highest BCUT2D eigenvalue weighted by atomic mass is 16.4. The van der Waals surface area contributed by atoms with Gasteiger partial charge in [-0.2, -0.15) is 0 Å². The summed E-state index contributed by atoms with van der Waals surface area (Å²) in [4.78, 5) is 22.6. The van der Waals surface area contributed by atoms with Crippen LogP contribution in [-0.2, 0) is 16.1 Å². The fourth-order valence-electron chi connectivity index (χ4n) is 2.42. The van der Waals surface area contributed by atoms with Crippen LogP contribution in [-0.4, -0.2) is 28.1 Å². The summed E-state index contributed by atoms with van der Waals surface area (Å²) in [5.74, 6) is -1.26. The Morgan fingerprint density at radius 1 is 1.22 bits per heavy atom. The van der Waals surface area contributed by atoms with E-state index < -0.39 is 5.97 Å². The highest BCUT2D eigenvalue weighted by Gasteiger charge is 2.33. The summed E-state index contributed by atoms with van der Waals surface area (Å²) in [6.45, 7) is 1.33. The number of aromatic nitrogens is 1. The number of hydrogen-bond donors (Lipinski definition) is 2. The van der Waals surface area contributed by atoms with Crippen molar-refractivity contribution in [3.05, 3.63) is 24.5 Å². The van der Waals surface area contributed by atoms with Gasteiger partial charge in [-0.05, 0) is 31.4 Å². The summed E-state index contributed by atoms with van der Waals surface area (Å²) < 4.78 is 2.00. The number of aliphatic carboxylic acids is 1. The first kappa shape index (κ1) is 12.7. The number of carbonyl (C=O) groups excluding carboxylic acids is 1. The van der Waals surface area contributed by atoms with Crippen molar-refractivity contribution in [2.24, 2.45) is 11.8 Å². The predicted molar refractivity (Wildman–Crippen MR) is 65.9 cm³/mol. The quantitative estimate of drug-likeness (QED) is 0.822. The maximum absolute atomic E-state index is 11.8. The number of carbonyl (C=O) groups is 2. The Balaban J connectivity index is 1.71. The third-order valence-corrected chi connectivity index (χ3v) is 3.49. The fourth-order valence-corrected chi connectivity index (χ4v) is 2.42. The molecule has 0 saturated heterocycles. The Labute approximate surface area is 106 Å². The molecular formula is C13H18N2O3. The summed E-state index contributed by atoms with van der Waals surface area (Å²) in [7, 11) is 0. The van der Waals surface area contributed by atoms with Crippen molar-refractivity contribution in [2.75, 3.05) is 6.54 Å². The third kappa shape index (κ3) is 3.12. The van der Waals surface area contributed by atoms with Crippen molar-refractivity contribution in [3.63, 3.8) is 0 Å². The van der Waals surface area contributed by atoms with E-state index in [1.54, 1.807) is 0 Å². The molecule has 5 heteroatoms. The number of amides is 1. The molecule has 1 amide bonds. The first-order chi connectivity index (χ1) is 8.66. The van der Waals surface area contributed by atoms with Gasteiger partial charge in [-0.15, -0.1) is 0 Å². The highest BCUT2D eigenvalue weighted by Crippen LogP contribution is 2.30. The zero-order chi connectivity index (χ0) is 13.0. The lowest BCUT2D eigenvalue weighted by molar-refractivity contribution is -0.141. The van der Waals surface area contributed by atoms with Crippen LogP contribution in [0.3, 0.4) is 0 Å². The largest absolute Gasteiger partial charge is 0.481 e. The number of hydrogen-bond acceptors (Lipinski definition) is 2. The van der Waals surface area contributed by atoms with Gasteiger partial charge in [-0.1, -0.05) is 0 Å². The number of nitrogens with zero attached hydrogens (tertiary/aromatic N) is 1. The van der Waals surface area contributed by atoms with Crippen molar-refractivity contribution < 1.29 is 14.7 Å². The van der Waals surface area contributed by atoms with Crippen LogP contribution >= 0.6 is 0 Å². The van der Waals surface area contributed by atoms with E-state index in [2.05, 4.69) is 5.32 Å². The standard InChI is InChI=1S/C13H18N2O3/c16-12(10-3-4-11(9-10)13(17)18)14-5-8-15-6-1-2-7-15/h1-2,6-7,10-11H,3-5,8-9H2,(H,14,16)(H,17,18)/t10-,11+/m1/s1. The molecule has 0 aromatic carbocycles. The molecule has 0 unspecified atom stereocenters. The molecule has 1 aliphatic rings. The van der Waals surface area contributed by atoms with Crippen molar-refractivity contribution in [3.8, 4) is 0 Å². The molecule has 18 heavy (non-hydrogen) atoms. The topological polar surface area (TPSA) is 71.3 Å². The second-order valence-corrected chi connectivity index (χ2v) is 4.76. The van der Waals surface area contributed by atoms with Crippen LogP contribution < -0.4 is 5.32 Å². The Hall–Kier alpha value is -1.78. The smallest absolute Gasteiger partial charge is 0.306 e. The van der Waals surface area contributed by atoms with E-state index in [-0.39, 0.29) is 17.7 Å². The molecule has 0 radical (unpaired) electrons. The molecule has 2 rings (SSSR count). The fraction of sp³-hybridized carbons (Fsp3) is 0.538. The maximum atomic E-state index is 11.8. The molecule has 1 fully saturated rings. The summed E-state index contributed by atoms with van der Waals surface area (Å²) in [6, 6.07) is 3.88. The Morgan fingerprint density at radius 2 is 1.89 bits per heavy atom. The van der Waals surface area contributed by atoms with Crippen LogP contribution in [0.15, 0.2) is 24.5 Å². The van der Waals surface area contributed by atoms with Gasteiger partial charge >= 0.3 is 5.97 Å². The Morgan fingerprint density at radius 3 is 2.50 bits per heavy atom. The van der Waals surface area contributed by atoms with Gasteiger partial charge in [0, 0.05) is 31.4 Å². The second kappa shape index (κ2) is 5.71. The van der Waals surface area contributed by atoms with Gasteiger partial charge in [-0.3, -0.25) is 9.59 Å². The zero-order valence-corrected chi connectivity index (χ0v) is 10.2. The van der Waals surface area contributed by atoms with E-state index in [0.29, 0.717) is 25.8 Å². The maximum Gasteiger partial charge on any atom is 0.306 e. The second-order valence-electron chi connectivity index (χ2n) is 4.76. The third-order valence-electron chi connectivity index (χ3n) is 3.49. The van der Waals surface area contributed by atoms with Crippen LogP contribution in [0.2, 0.25) is 0 Å². The molecular weight excluding hydrogens is 232 g/mol. The molecule has 98 valence electrons. The lowest BCUT2D eigenvalue weighted by Gasteiger charge is -2.11. The van der Waals surface area contributed by atoms with Crippen molar-refractivity contribution in [1.29, 1.82) is 0 Å². The van der Waals surface area contributed by atoms with E-state index in [1.165, 1.54) is 0 Å². The molecule has 5 nitrogen and oxygen atoms in total. The minimum Gasteiger partial charge on any atom is -0.481 e. The number of nitrogens with one attached hydrogen (secondary N) is 1. The highest BCUT2D eigenvalue weighted by molar-refractivity contribution is 5.80. The van der Waals surface area contributed by atoms with E-state index in [1.807, 2.05) is 29.1 Å². The minimum absolute atomic E-state index is 0.00842. The molecule has 1 aromatic rings. The first-order valence-electron chi connectivity index (χ1n) is 6.28. The SMILES string of the molecule is O=C(O)[C@H]1CC[C@@H](C(=O)NCCn2cccc2)C1. The normalized spacial score (nSPS) is 22.9. The van der Waals surface area contributed by atoms with Gasteiger partial charge < -0.3 is 15.0 Å². The van der Waals surface area contributed by atoms with E-state index in [9.17, 15) is 9.59 Å². The van der Waals surface area contributed by atoms with Gasteiger partial charge in [0.2, 0.25) is 5.91 Å². The summed E-state index contributed by atoms with van der Waals surface area (Å²) in [6.07, 6.45) is 5.67. The van der Waals surface area contributed by atoms with Crippen molar-refractivity contribution >= 4 is 11.9 Å². The summed E-state index contributed by atoms with van der Waals surface area (Å²) >= 11 is 0. The Bertz CT molecular complexity index is 414. The van der Waals surface area contributed by atoms with Crippen LogP contribution in [0.1, 0.15) is 19.3 Å². The number of rotatable bonds is 5. The van der Waals surface area contributed by atoms with Crippen LogP contribution in [0.4, 0.5) is 0 Å². The molecule has 0 spiro atoms. The van der Waals surface area contributed by atoms with E-state index >= 15 is 0 Å². The van der Waals surface area contributed by atoms with E-state index in [4.69, 9.17) is 5.11 Å².